The van der Waals surface area contributed by atoms with Gasteiger partial charge in [0.25, 0.3) is 0 Å². The minimum Gasteiger partial charge on any atom is -0.347 e. The number of fused-ring (bicyclic) bond motifs is 3. The molecule has 0 radical (unpaired) electrons. The number of para-hydroxylation sites is 2. The smallest absolute Gasteiger partial charge is 0.247 e. The first-order valence-corrected chi connectivity index (χ1v) is 7.31. The summed E-state index contributed by atoms with van der Waals surface area (Å²) in [7, 11) is 0. The number of hydrogen-bond acceptors (Lipinski definition) is 2. The third-order valence-electron chi connectivity index (χ3n) is 3.92. The molecule has 22 heavy (non-hydrogen) atoms. The Morgan fingerprint density at radius 1 is 1.18 bits per heavy atom. The predicted octanol–water partition coefficient (Wildman–Crippen LogP) is 2.99. The molecule has 4 heteroatoms. The van der Waals surface area contributed by atoms with Crippen LogP contribution in [0.2, 0.25) is 0 Å². The highest BCUT2D eigenvalue weighted by Crippen LogP contribution is 2.19. The van der Waals surface area contributed by atoms with E-state index in [0.717, 1.165) is 27.8 Å². The first-order chi connectivity index (χ1) is 10.8. The van der Waals surface area contributed by atoms with Crippen LogP contribution in [-0.2, 0) is 11.3 Å². The van der Waals surface area contributed by atoms with E-state index in [0.29, 0.717) is 13.0 Å². The van der Waals surface area contributed by atoms with Gasteiger partial charge in [0, 0.05) is 11.8 Å². The van der Waals surface area contributed by atoms with Gasteiger partial charge in [-0.2, -0.15) is 0 Å². The summed E-state index contributed by atoms with van der Waals surface area (Å²) in [4.78, 5) is 16.8. The lowest BCUT2D eigenvalue weighted by atomic mass is 10.2. The van der Waals surface area contributed by atoms with Crippen LogP contribution in [-0.4, -0.2) is 15.3 Å². The Morgan fingerprint density at radius 3 is 2.91 bits per heavy atom. The number of hydrogen-bond donors (Lipinski definition) is 1. The monoisotopic (exact) mass is 289 g/mol. The highest BCUT2D eigenvalue weighted by atomic mass is 16.1. The van der Waals surface area contributed by atoms with Crippen LogP contribution in [0.4, 0.5) is 0 Å². The van der Waals surface area contributed by atoms with Crippen LogP contribution in [0.5, 0.6) is 0 Å². The molecule has 0 bridgehead atoms. The minimum absolute atomic E-state index is 0.0235. The van der Waals surface area contributed by atoms with Crippen LogP contribution in [0.25, 0.3) is 16.6 Å². The van der Waals surface area contributed by atoms with Crippen LogP contribution < -0.4 is 5.32 Å². The molecule has 4 rings (SSSR count). The molecule has 0 spiro atoms. The first-order valence-electron chi connectivity index (χ1n) is 7.31. The summed E-state index contributed by atoms with van der Waals surface area (Å²) in [6, 6.07) is 12.0. The van der Waals surface area contributed by atoms with E-state index in [1.54, 1.807) is 0 Å². The average molecular weight is 289 g/mol. The molecule has 4 nitrogen and oxygen atoms in total. The fourth-order valence-corrected chi connectivity index (χ4v) is 2.81. The van der Waals surface area contributed by atoms with E-state index in [1.807, 2.05) is 60.8 Å². The van der Waals surface area contributed by atoms with Gasteiger partial charge < -0.3 is 9.72 Å². The molecule has 2 aromatic heterocycles. The van der Waals surface area contributed by atoms with Crippen LogP contribution in [0.15, 0.2) is 66.4 Å². The third-order valence-corrected chi connectivity index (χ3v) is 3.92. The largest absolute Gasteiger partial charge is 0.347 e. The maximum absolute atomic E-state index is 12.1. The van der Waals surface area contributed by atoms with Gasteiger partial charge in [-0.3, -0.25) is 4.79 Å². The maximum atomic E-state index is 12.1. The van der Waals surface area contributed by atoms with Crippen molar-refractivity contribution in [2.75, 3.05) is 0 Å². The fraction of sp³-hybridized carbons (Fsp3) is 0.111. The molecule has 2 heterocycles. The van der Waals surface area contributed by atoms with E-state index in [4.69, 9.17) is 4.98 Å². The van der Waals surface area contributed by atoms with Crippen molar-refractivity contribution in [3.8, 4) is 0 Å². The normalized spacial score (nSPS) is 13.7. The molecule has 1 N–H and O–H groups in total. The molecule has 0 fully saturated rings. The molecular formula is C18H15N3O. The number of carbonyl (C=O) groups excluding carboxylic acids is 1. The molecule has 1 aliphatic rings. The molecule has 108 valence electrons. The lowest BCUT2D eigenvalue weighted by Gasteiger charge is -2.10. The van der Waals surface area contributed by atoms with Gasteiger partial charge in [0.2, 0.25) is 5.91 Å². The van der Waals surface area contributed by atoms with E-state index in [2.05, 4.69) is 9.72 Å². The lowest BCUT2D eigenvalue weighted by Crippen LogP contribution is -2.24. The summed E-state index contributed by atoms with van der Waals surface area (Å²) in [5.41, 5.74) is 4.70. The third kappa shape index (κ3) is 2.09. The van der Waals surface area contributed by atoms with E-state index < -0.39 is 0 Å². The zero-order chi connectivity index (χ0) is 14.9. The Morgan fingerprint density at radius 2 is 2.05 bits per heavy atom. The summed E-state index contributed by atoms with van der Waals surface area (Å²) in [5.74, 6) is -0.0235. The number of aromatic nitrogens is 2. The molecule has 1 aromatic carbocycles. The van der Waals surface area contributed by atoms with Crippen molar-refractivity contribution in [1.82, 2.24) is 14.7 Å². The number of allylic oxidation sites excluding steroid dienone is 3. The molecule has 0 atom stereocenters. The highest BCUT2D eigenvalue weighted by Gasteiger charge is 2.12. The average Bonchev–Trinajstić information content (AvgIpc) is 3.23. The second-order valence-corrected chi connectivity index (χ2v) is 5.32. The lowest BCUT2D eigenvalue weighted by molar-refractivity contribution is -0.117. The quantitative estimate of drug-likeness (QED) is 0.805. The first kappa shape index (κ1) is 12.8. The SMILES string of the molecule is O=C(NCc1nc2ccccc2n2cccc12)C1=CC=CC1. The van der Waals surface area contributed by atoms with Crippen LogP contribution in [0, 0.1) is 0 Å². The summed E-state index contributed by atoms with van der Waals surface area (Å²) in [5, 5.41) is 2.96. The summed E-state index contributed by atoms with van der Waals surface area (Å²) >= 11 is 0. The predicted molar refractivity (Wildman–Crippen MR) is 86.4 cm³/mol. The van der Waals surface area contributed by atoms with Gasteiger partial charge in [-0.15, -0.1) is 0 Å². The second kappa shape index (κ2) is 5.15. The topological polar surface area (TPSA) is 46.4 Å². The summed E-state index contributed by atoms with van der Waals surface area (Å²) < 4.78 is 2.11. The number of carbonyl (C=O) groups is 1. The number of nitrogens with zero attached hydrogens (tertiary/aromatic N) is 2. The second-order valence-electron chi connectivity index (χ2n) is 5.32. The molecule has 1 amide bonds. The Bertz CT molecular complexity index is 934. The van der Waals surface area contributed by atoms with Crippen LogP contribution >= 0.6 is 0 Å². The number of benzene rings is 1. The van der Waals surface area contributed by atoms with Crippen molar-refractivity contribution in [2.45, 2.75) is 13.0 Å². The summed E-state index contributed by atoms with van der Waals surface area (Å²) in [6.07, 6.45) is 8.48. The molecule has 0 saturated heterocycles. The Balaban J connectivity index is 1.68. The fourth-order valence-electron chi connectivity index (χ4n) is 2.81. The van der Waals surface area contributed by atoms with Crippen LogP contribution in [0.3, 0.4) is 0 Å². The van der Waals surface area contributed by atoms with Crippen molar-refractivity contribution in [3.63, 3.8) is 0 Å². The number of amides is 1. The van der Waals surface area contributed by atoms with Crippen molar-refractivity contribution in [1.29, 1.82) is 0 Å². The molecule has 3 aromatic rings. The molecular weight excluding hydrogens is 274 g/mol. The van der Waals surface area contributed by atoms with E-state index >= 15 is 0 Å². The highest BCUT2D eigenvalue weighted by molar-refractivity contribution is 5.94. The van der Waals surface area contributed by atoms with Gasteiger partial charge in [-0.1, -0.05) is 30.4 Å². The molecule has 0 saturated carbocycles. The van der Waals surface area contributed by atoms with Gasteiger partial charge in [0.05, 0.1) is 28.8 Å². The Labute approximate surface area is 127 Å². The zero-order valence-electron chi connectivity index (χ0n) is 12.0. The van der Waals surface area contributed by atoms with E-state index in [-0.39, 0.29) is 5.91 Å². The van der Waals surface area contributed by atoms with Gasteiger partial charge in [0.15, 0.2) is 0 Å². The van der Waals surface area contributed by atoms with Gasteiger partial charge in [0.1, 0.15) is 0 Å². The minimum atomic E-state index is -0.0235. The van der Waals surface area contributed by atoms with E-state index in [9.17, 15) is 4.79 Å². The Kier molecular flexibility index (Phi) is 3.00. The number of rotatable bonds is 3. The molecule has 1 aliphatic carbocycles. The van der Waals surface area contributed by atoms with Crippen molar-refractivity contribution in [3.05, 3.63) is 72.1 Å². The number of nitrogens with one attached hydrogen (secondary N) is 1. The van der Waals surface area contributed by atoms with Gasteiger partial charge in [-0.25, -0.2) is 4.98 Å². The van der Waals surface area contributed by atoms with Crippen LogP contribution in [0.1, 0.15) is 12.1 Å². The maximum Gasteiger partial charge on any atom is 0.247 e. The van der Waals surface area contributed by atoms with Crippen molar-refractivity contribution in [2.24, 2.45) is 0 Å². The van der Waals surface area contributed by atoms with Gasteiger partial charge in [-0.05, 0) is 30.7 Å². The van der Waals surface area contributed by atoms with E-state index in [1.165, 1.54) is 0 Å². The molecule has 0 unspecified atom stereocenters. The zero-order valence-corrected chi connectivity index (χ0v) is 12.0. The standard InChI is InChI=1S/C18H15N3O/c22-18(13-6-1-2-7-13)19-12-15-17-10-5-11-21(17)16-9-4-3-8-14(16)20-15/h1-6,8-11H,7,12H2,(H,19,22). The van der Waals surface area contributed by atoms with Crippen molar-refractivity contribution >= 4 is 22.5 Å². The molecule has 0 aliphatic heterocycles. The summed E-state index contributed by atoms with van der Waals surface area (Å²) in [6.45, 7) is 0.425. The van der Waals surface area contributed by atoms with Crippen molar-refractivity contribution < 1.29 is 4.79 Å². The van der Waals surface area contributed by atoms with Gasteiger partial charge >= 0.3 is 0 Å². The Hall–Kier alpha value is -2.88.